The summed E-state index contributed by atoms with van der Waals surface area (Å²) >= 11 is 0. The lowest BCUT2D eigenvalue weighted by atomic mass is 10.1. The molecule has 2 aromatic heterocycles. The van der Waals surface area contributed by atoms with Gasteiger partial charge in [0.2, 0.25) is 0 Å². The highest BCUT2D eigenvalue weighted by Gasteiger charge is 2.53. The summed E-state index contributed by atoms with van der Waals surface area (Å²) in [6.07, 6.45) is 1.66. The van der Waals surface area contributed by atoms with Crippen molar-refractivity contribution in [3.05, 3.63) is 109 Å². The number of nitrogens with zero attached hydrogens (tertiary/aromatic N) is 4. The molecular formula is C38H43N5O6Si. The van der Waals surface area contributed by atoms with Crippen LogP contribution >= 0.6 is 0 Å². The number of hydrogen-bond donors (Lipinski definition) is 2. The van der Waals surface area contributed by atoms with E-state index >= 15 is 0 Å². The molecule has 50 heavy (non-hydrogen) atoms. The molecule has 5 aromatic rings. The quantitative estimate of drug-likeness (QED) is 0.198. The molecule has 1 unspecified atom stereocenters. The predicted octanol–water partition coefficient (Wildman–Crippen LogP) is 4.83. The normalized spacial score (nSPS) is 22.8. The van der Waals surface area contributed by atoms with Crippen LogP contribution in [0, 0.1) is 0 Å². The van der Waals surface area contributed by atoms with Gasteiger partial charge in [-0.3, -0.25) is 9.36 Å². The van der Waals surface area contributed by atoms with Crippen LogP contribution in [0.1, 0.15) is 56.6 Å². The van der Waals surface area contributed by atoms with Crippen molar-refractivity contribution >= 4 is 41.6 Å². The van der Waals surface area contributed by atoms with Crippen LogP contribution in [0.25, 0.3) is 11.2 Å². The summed E-state index contributed by atoms with van der Waals surface area (Å²) in [5.41, 5.74) is 1.30. The van der Waals surface area contributed by atoms with Crippen molar-refractivity contribution in [3.8, 4) is 0 Å². The van der Waals surface area contributed by atoms with Gasteiger partial charge >= 0.3 is 0 Å². The van der Waals surface area contributed by atoms with E-state index in [1.165, 1.54) is 6.33 Å². The molecule has 4 heterocycles. The van der Waals surface area contributed by atoms with Gasteiger partial charge in [0.05, 0.1) is 12.9 Å². The number of carbonyl (C=O) groups excluding carboxylic acids is 1. The Bertz CT molecular complexity index is 1840. The molecule has 11 nitrogen and oxygen atoms in total. The van der Waals surface area contributed by atoms with Gasteiger partial charge in [-0.25, -0.2) is 15.0 Å². The molecule has 0 radical (unpaired) electrons. The zero-order chi connectivity index (χ0) is 34.7. The Balaban J connectivity index is 1.21. The molecule has 0 spiro atoms. The number of aromatic nitrogens is 4. The predicted molar refractivity (Wildman–Crippen MR) is 192 cm³/mol. The summed E-state index contributed by atoms with van der Waals surface area (Å²) in [6, 6.07) is 29.6. The molecule has 0 bridgehead atoms. The number of aliphatic hydroxyl groups is 1. The fourth-order valence-corrected chi connectivity index (χ4v) is 11.7. The van der Waals surface area contributed by atoms with E-state index in [0.29, 0.717) is 29.8 Å². The monoisotopic (exact) mass is 693 g/mol. The van der Waals surface area contributed by atoms with Crippen LogP contribution in [-0.2, 0) is 18.6 Å². The first-order valence-corrected chi connectivity index (χ1v) is 19.1. The van der Waals surface area contributed by atoms with Crippen LogP contribution < -0.4 is 15.7 Å². The minimum absolute atomic E-state index is 0.121. The first-order chi connectivity index (χ1) is 24.3. The number of benzene rings is 3. The number of carbonyl (C=O) groups is 1. The molecular weight excluding hydrogens is 651 g/mol. The van der Waals surface area contributed by atoms with Gasteiger partial charge in [-0.05, 0) is 46.8 Å². The smallest absolute Gasteiger partial charge is 0.261 e. The molecule has 1 amide bonds. The number of amides is 1. The second-order valence-electron chi connectivity index (χ2n) is 13.8. The van der Waals surface area contributed by atoms with Crippen LogP contribution in [-0.4, -0.2) is 76.7 Å². The molecule has 0 saturated carbocycles. The largest absolute Gasteiger partial charge is 0.405 e. The number of ether oxygens (including phenoxy) is 3. The zero-order valence-electron chi connectivity index (χ0n) is 28.5. The third kappa shape index (κ3) is 6.62. The van der Waals surface area contributed by atoms with Crippen molar-refractivity contribution < 1.29 is 28.5 Å². The summed E-state index contributed by atoms with van der Waals surface area (Å²) in [5.74, 6) is -0.0512. The van der Waals surface area contributed by atoms with Gasteiger partial charge in [-0.1, -0.05) is 99.6 Å². The lowest BCUT2D eigenvalue weighted by Gasteiger charge is -2.43. The lowest BCUT2D eigenvalue weighted by molar-refractivity contribution is -0.215. The Labute approximate surface area is 292 Å². The summed E-state index contributed by atoms with van der Waals surface area (Å²) < 4.78 is 28.1. The number of hydrogen-bond acceptors (Lipinski definition) is 9. The summed E-state index contributed by atoms with van der Waals surface area (Å²) in [6.45, 7) is 7.35. The molecule has 2 N–H and O–H groups in total. The van der Waals surface area contributed by atoms with E-state index in [1.54, 1.807) is 35.2 Å². The van der Waals surface area contributed by atoms with E-state index in [0.717, 1.165) is 23.2 Å². The average Bonchev–Trinajstić information content (AvgIpc) is 3.71. The van der Waals surface area contributed by atoms with E-state index < -0.39 is 39.1 Å². The molecule has 5 atom stereocenters. The fraction of sp³-hybridized carbons (Fsp3) is 0.368. The van der Waals surface area contributed by atoms with Crippen LogP contribution in [0.15, 0.2) is 104 Å². The maximum atomic E-state index is 13.0. The van der Waals surface area contributed by atoms with Crippen molar-refractivity contribution in [1.29, 1.82) is 0 Å². The molecule has 0 aliphatic carbocycles. The van der Waals surface area contributed by atoms with E-state index in [2.05, 4.69) is 65.3 Å². The molecule has 2 aliphatic rings. The highest BCUT2D eigenvalue weighted by molar-refractivity contribution is 6.99. The van der Waals surface area contributed by atoms with Crippen molar-refractivity contribution in [1.82, 2.24) is 19.5 Å². The van der Waals surface area contributed by atoms with E-state index in [4.69, 9.17) is 18.6 Å². The molecule has 3 aromatic carbocycles. The zero-order valence-corrected chi connectivity index (χ0v) is 29.5. The fourth-order valence-electron chi connectivity index (χ4n) is 7.09. The average molecular weight is 694 g/mol. The Morgan fingerprint density at radius 1 is 0.940 bits per heavy atom. The lowest BCUT2D eigenvalue weighted by Crippen LogP contribution is -2.67. The summed E-state index contributed by atoms with van der Waals surface area (Å²) in [7, 11) is -2.93. The van der Waals surface area contributed by atoms with Crippen molar-refractivity contribution in [2.24, 2.45) is 0 Å². The minimum atomic E-state index is -2.93. The molecule has 12 heteroatoms. The maximum Gasteiger partial charge on any atom is 0.261 e. The van der Waals surface area contributed by atoms with Gasteiger partial charge in [0.15, 0.2) is 29.5 Å². The molecule has 260 valence electrons. The number of imidazole rings is 1. The van der Waals surface area contributed by atoms with E-state index in [9.17, 15) is 9.90 Å². The van der Waals surface area contributed by atoms with Gasteiger partial charge < -0.3 is 29.1 Å². The summed E-state index contributed by atoms with van der Waals surface area (Å²) in [4.78, 5) is 26.4. The number of anilines is 1. The summed E-state index contributed by atoms with van der Waals surface area (Å²) in [5, 5.41) is 16.8. The standard InChI is InChI=1S/C38H43N5O6Si/c1-38(2,3)50(27-17-9-5-10-18-27,28-19-11-6-12-20-28)47-23-29-32(44)33(49-30-21-13-14-22-46-30)37(48-29)43-25-41-31-34(39-24-40-35(31)43)42-36(45)26-15-7-4-8-16-26/h4-12,15-20,24-25,29-30,32-33,37,44H,13-14,21-23H2,1-3H3,(H,39,40,42,45)/t29-,30?,32-,33-,37-/m1/s1. The SMILES string of the molecule is CC(C)(C)[Si](OC[C@H]1O[C@@H](n2cnc3c(NC(=O)c4ccccc4)ncnc32)[C@H](OC2CCCCO2)[C@@H]1O)(c1ccccc1)c1ccccc1. The van der Waals surface area contributed by atoms with Crippen molar-refractivity contribution in [2.45, 2.75) is 75.9 Å². The molecule has 2 saturated heterocycles. The second kappa shape index (κ2) is 14.5. The topological polar surface area (TPSA) is 130 Å². The Kier molecular flexibility index (Phi) is 9.91. The third-order valence-corrected chi connectivity index (χ3v) is 14.5. The molecule has 7 rings (SSSR count). The number of aliphatic hydroxyl groups excluding tert-OH is 1. The van der Waals surface area contributed by atoms with Gasteiger partial charge in [0, 0.05) is 12.2 Å². The molecule has 2 aliphatic heterocycles. The molecule has 2 fully saturated rings. The first-order valence-electron chi connectivity index (χ1n) is 17.2. The number of nitrogens with one attached hydrogen (secondary N) is 1. The van der Waals surface area contributed by atoms with Crippen LogP contribution in [0.2, 0.25) is 5.04 Å². The third-order valence-electron chi connectivity index (χ3n) is 9.54. The van der Waals surface area contributed by atoms with Crippen molar-refractivity contribution in [2.75, 3.05) is 18.5 Å². The van der Waals surface area contributed by atoms with E-state index in [1.807, 2.05) is 42.5 Å². The highest BCUT2D eigenvalue weighted by atomic mass is 28.4. The number of rotatable bonds is 10. The minimum Gasteiger partial charge on any atom is -0.405 e. The first kappa shape index (κ1) is 34.2. The van der Waals surface area contributed by atoms with Crippen LogP contribution in [0.3, 0.4) is 0 Å². The Hall–Kier alpha value is -4.30. The van der Waals surface area contributed by atoms with Crippen molar-refractivity contribution in [3.63, 3.8) is 0 Å². The highest BCUT2D eigenvalue weighted by Crippen LogP contribution is 2.40. The number of fused-ring (bicyclic) bond motifs is 1. The Morgan fingerprint density at radius 3 is 2.22 bits per heavy atom. The Morgan fingerprint density at radius 2 is 1.60 bits per heavy atom. The van der Waals surface area contributed by atoms with Crippen LogP contribution in [0.4, 0.5) is 5.82 Å². The van der Waals surface area contributed by atoms with Crippen LogP contribution in [0.5, 0.6) is 0 Å². The van der Waals surface area contributed by atoms with Gasteiger partial charge in [0.25, 0.3) is 14.2 Å². The van der Waals surface area contributed by atoms with Gasteiger partial charge in [0.1, 0.15) is 24.6 Å². The van der Waals surface area contributed by atoms with E-state index in [-0.39, 0.29) is 23.4 Å². The maximum absolute atomic E-state index is 13.0. The second-order valence-corrected chi connectivity index (χ2v) is 18.1. The van der Waals surface area contributed by atoms with Gasteiger partial charge in [-0.15, -0.1) is 0 Å². The van der Waals surface area contributed by atoms with Gasteiger partial charge in [-0.2, -0.15) is 0 Å².